The lowest BCUT2D eigenvalue weighted by Crippen LogP contribution is -2.33. The zero-order valence-corrected chi connectivity index (χ0v) is 18.5. The van der Waals surface area contributed by atoms with E-state index < -0.39 is 0 Å². The van der Waals surface area contributed by atoms with Crippen LogP contribution in [0.15, 0.2) is 24.3 Å². The zero-order chi connectivity index (χ0) is 22.2. The molecule has 3 heterocycles. The second-order valence-electron chi connectivity index (χ2n) is 9.28. The Bertz CT molecular complexity index is 1050. The molecule has 2 fully saturated rings. The van der Waals surface area contributed by atoms with Crippen molar-refractivity contribution in [3.8, 4) is 0 Å². The van der Waals surface area contributed by atoms with Gasteiger partial charge >= 0.3 is 0 Å². The van der Waals surface area contributed by atoms with Crippen LogP contribution >= 0.6 is 0 Å². The highest BCUT2D eigenvalue weighted by Crippen LogP contribution is 2.34. The predicted octanol–water partition coefficient (Wildman–Crippen LogP) is 3.56. The largest absolute Gasteiger partial charge is 0.342 e. The van der Waals surface area contributed by atoms with Crippen molar-refractivity contribution in [3.63, 3.8) is 0 Å². The van der Waals surface area contributed by atoms with Crippen LogP contribution in [0.3, 0.4) is 0 Å². The van der Waals surface area contributed by atoms with Crippen molar-refractivity contribution in [1.29, 1.82) is 0 Å². The van der Waals surface area contributed by atoms with Crippen molar-refractivity contribution in [2.45, 2.75) is 57.8 Å². The van der Waals surface area contributed by atoms with Crippen molar-refractivity contribution in [2.24, 2.45) is 5.92 Å². The number of anilines is 1. The van der Waals surface area contributed by atoms with Crippen LogP contribution in [-0.2, 0) is 22.4 Å². The van der Waals surface area contributed by atoms with Gasteiger partial charge in [-0.05, 0) is 44.2 Å². The van der Waals surface area contributed by atoms with E-state index in [-0.39, 0.29) is 35.9 Å². The average molecular weight is 437 g/mol. The van der Waals surface area contributed by atoms with E-state index in [0.717, 1.165) is 49.9 Å². The highest BCUT2D eigenvalue weighted by atomic mass is 19.1. The third kappa shape index (κ3) is 3.89. The van der Waals surface area contributed by atoms with E-state index in [1.807, 2.05) is 11.8 Å². The summed E-state index contributed by atoms with van der Waals surface area (Å²) in [5.41, 5.74) is 2.29. The minimum absolute atomic E-state index is 0.0182. The number of aryl methyl sites for hydroxylation is 1. The highest BCUT2D eigenvalue weighted by molar-refractivity contribution is 6.00. The second kappa shape index (κ2) is 8.60. The summed E-state index contributed by atoms with van der Waals surface area (Å²) in [5.74, 6) is 1.66. The summed E-state index contributed by atoms with van der Waals surface area (Å²) in [4.78, 5) is 38.7. The molecule has 0 bridgehead atoms. The molecule has 6 nitrogen and oxygen atoms in total. The van der Waals surface area contributed by atoms with Crippen LogP contribution in [-0.4, -0.2) is 46.3 Å². The van der Waals surface area contributed by atoms with Crippen LogP contribution in [0.5, 0.6) is 0 Å². The molecular weight excluding hydrogens is 407 g/mol. The maximum absolute atomic E-state index is 14.0. The zero-order valence-electron chi connectivity index (χ0n) is 18.5. The number of hydrogen-bond donors (Lipinski definition) is 0. The number of carbonyl (C=O) groups excluding carboxylic acids is 2. The van der Waals surface area contributed by atoms with Gasteiger partial charge in [0.05, 0.1) is 6.42 Å². The first-order valence-electron chi connectivity index (χ1n) is 11.7. The fourth-order valence-corrected chi connectivity index (χ4v) is 5.35. The van der Waals surface area contributed by atoms with Crippen LogP contribution in [0.25, 0.3) is 0 Å². The summed E-state index contributed by atoms with van der Waals surface area (Å²) in [6.07, 6.45) is 5.88. The summed E-state index contributed by atoms with van der Waals surface area (Å²) < 4.78 is 14.0. The van der Waals surface area contributed by atoms with Gasteiger partial charge in [0, 0.05) is 42.7 Å². The molecule has 32 heavy (non-hydrogen) atoms. The van der Waals surface area contributed by atoms with Crippen molar-refractivity contribution in [1.82, 2.24) is 14.9 Å². The van der Waals surface area contributed by atoms with E-state index in [0.29, 0.717) is 36.7 Å². The number of likely N-dealkylation sites (tertiary alicyclic amines) is 1. The van der Waals surface area contributed by atoms with Crippen molar-refractivity contribution >= 4 is 17.6 Å². The van der Waals surface area contributed by atoms with Gasteiger partial charge in [-0.25, -0.2) is 14.4 Å². The molecule has 0 spiro atoms. The molecule has 1 atom stereocenters. The standard InChI is InChI=1S/C25H29FN4O2/c1-16-20-14-22(31)30(13-11-17-6-4-5-9-21(17)26)24(20)28-23(27-16)19-10-12-29(15-19)25(32)18-7-2-3-8-18/h4-6,9,18-19H,2-3,7-8,10-15H2,1H3/t19-/m0/s1. The maximum Gasteiger partial charge on any atom is 0.232 e. The topological polar surface area (TPSA) is 66.4 Å². The van der Waals surface area contributed by atoms with Gasteiger partial charge < -0.3 is 4.90 Å². The number of amides is 2. The first-order valence-corrected chi connectivity index (χ1v) is 11.7. The SMILES string of the molecule is Cc1nc([C@H]2CCN(C(=O)C3CCCC3)C2)nc2c1CC(=O)N2CCc1ccccc1F. The number of benzene rings is 1. The normalized spacial score (nSPS) is 20.9. The Morgan fingerprint density at radius 1 is 1.16 bits per heavy atom. The third-order valence-electron chi connectivity index (χ3n) is 7.23. The number of nitrogens with zero attached hydrogens (tertiary/aromatic N) is 4. The number of rotatable bonds is 5. The van der Waals surface area contributed by atoms with Gasteiger partial charge in [0.25, 0.3) is 0 Å². The van der Waals surface area contributed by atoms with E-state index >= 15 is 0 Å². The fraction of sp³-hybridized carbons (Fsp3) is 0.520. The van der Waals surface area contributed by atoms with Crippen LogP contribution in [0.4, 0.5) is 10.2 Å². The van der Waals surface area contributed by atoms with E-state index in [2.05, 4.69) is 0 Å². The molecule has 0 unspecified atom stereocenters. The number of halogens is 1. The molecule has 2 aromatic rings. The second-order valence-corrected chi connectivity index (χ2v) is 9.28. The molecule has 5 rings (SSSR count). The molecule has 1 aromatic carbocycles. The predicted molar refractivity (Wildman–Crippen MR) is 119 cm³/mol. The summed E-state index contributed by atoms with van der Waals surface area (Å²) in [5, 5.41) is 0. The van der Waals surface area contributed by atoms with Gasteiger partial charge in [0.15, 0.2) is 0 Å². The Morgan fingerprint density at radius 2 is 1.94 bits per heavy atom. The molecular formula is C25H29FN4O2. The van der Waals surface area contributed by atoms with Crippen molar-refractivity contribution < 1.29 is 14.0 Å². The third-order valence-corrected chi connectivity index (χ3v) is 7.23. The molecule has 1 aliphatic carbocycles. The smallest absolute Gasteiger partial charge is 0.232 e. The molecule has 2 amide bonds. The molecule has 2 aliphatic heterocycles. The van der Waals surface area contributed by atoms with Crippen LogP contribution in [0, 0.1) is 18.7 Å². The maximum atomic E-state index is 14.0. The van der Waals surface area contributed by atoms with E-state index in [9.17, 15) is 14.0 Å². The molecule has 168 valence electrons. The monoisotopic (exact) mass is 436 g/mol. The Labute approximate surface area is 187 Å². The van der Waals surface area contributed by atoms with E-state index in [1.54, 1.807) is 23.1 Å². The molecule has 0 radical (unpaired) electrons. The lowest BCUT2D eigenvalue weighted by atomic mass is 10.1. The number of carbonyl (C=O) groups is 2. The van der Waals surface area contributed by atoms with Crippen molar-refractivity contribution in [2.75, 3.05) is 24.5 Å². The van der Waals surface area contributed by atoms with Gasteiger partial charge in [-0.3, -0.25) is 14.5 Å². The van der Waals surface area contributed by atoms with Gasteiger partial charge in [0.1, 0.15) is 17.5 Å². The highest BCUT2D eigenvalue weighted by Gasteiger charge is 2.36. The van der Waals surface area contributed by atoms with Gasteiger partial charge in [-0.2, -0.15) is 0 Å². The lowest BCUT2D eigenvalue weighted by Gasteiger charge is -2.21. The number of aromatic nitrogens is 2. The first-order chi connectivity index (χ1) is 15.5. The Morgan fingerprint density at radius 3 is 2.72 bits per heavy atom. The van der Waals surface area contributed by atoms with Crippen LogP contribution in [0.2, 0.25) is 0 Å². The Balaban J connectivity index is 1.33. The molecule has 7 heteroatoms. The molecule has 1 saturated carbocycles. The molecule has 1 aromatic heterocycles. The van der Waals surface area contributed by atoms with Crippen LogP contribution < -0.4 is 4.90 Å². The number of fused-ring (bicyclic) bond motifs is 1. The fourth-order valence-electron chi connectivity index (χ4n) is 5.35. The molecule has 3 aliphatic rings. The first kappa shape index (κ1) is 21.0. The summed E-state index contributed by atoms with van der Waals surface area (Å²) >= 11 is 0. The van der Waals surface area contributed by atoms with Gasteiger partial charge in [-0.15, -0.1) is 0 Å². The number of hydrogen-bond acceptors (Lipinski definition) is 4. The molecule has 1 saturated heterocycles. The average Bonchev–Trinajstić information content (AvgIpc) is 3.53. The minimum atomic E-state index is -0.253. The lowest BCUT2D eigenvalue weighted by molar-refractivity contribution is -0.134. The van der Waals surface area contributed by atoms with E-state index in [4.69, 9.17) is 9.97 Å². The van der Waals surface area contributed by atoms with Gasteiger partial charge in [-0.1, -0.05) is 31.0 Å². The summed E-state index contributed by atoms with van der Waals surface area (Å²) in [7, 11) is 0. The quantitative estimate of drug-likeness (QED) is 0.719. The summed E-state index contributed by atoms with van der Waals surface area (Å²) in [6.45, 7) is 3.71. The van der Waals surface area contributed by atoms with Crippen LogP contribution in [0.1, 0.15) is 60.7 Å². The minimum Gasteiger partial charge on any atom is -0.342 e. The van der Waals surface area contributed by atoms with E-state index in [1.165, 1.54) is 6.07 Å². The Kier molecular flexibility index (Phi) is 5.66. The van der Waals surface area contributed by atoms with Crippen molar-refractivity contribution in [3.05, 3.63) is 52.7 Å². The summed E-state index contributed by atoms with van der Waals surface area (Å²) in [6, 6.07) is 6.67. The molecule has 0 N–H and O–H groups in total. The van der Waals surface area contributed by atoms with Gasteiger partial charge in [0.2, 0.25) is 11.8 Å². The Hall–Kier alpha value is -2.83.